The lowest BCUT2D eigenvalue weighted by atomic mass is 10.1. The molecule has 19 heavy (non-hydrogen) atoms. The summed E-state index contributed by atoms with van der Waals surface area (Å²) < 4.78 is 15.4. The van der Waals surface area contributed by atoms with Gasteiger partial charge in [0.15, 0.2) is 11.5 Å². The minimum atomic E-state index is -0.255. The van der Waals surface area contributed by atoms with Crippen LogP contribution in [0.2, 0.25) is 0 Å². The summed E-state index contributed by atoms with van der Waals surface area (Å²) in [7, 11) is 4.65. The highest BCUT2D eigenvalue weighted by Crippen LogP contribution is 2.35. The second-order valence-electron chi connectivity index (χ2n) is 4.58. The molecule has 0 fully saturated rings. The van der Waals surface area contributed by atoms with Crippen molar-refractivity contribution < 1.29 is 19.0 Å². The molecule has 5 heteroatoms. The van der Waals surface area contributed by atoms with Gasteiger partial charge in [0.2, 0.25) is 0 Å². The van der Waals surface area contributed by atoms with Crippen molar-refractivity contribution in [1.82, 2.24) is 4.90 Å². The van der Waals surface area contributed by atoms with Crippen molar-refractivity contribution in [2.45, 2.75) is 26.1 Å². The fourth-order valence-electron chi connectivity index (χ4n) is 2.34. The summed E-state index contributed by atoms with van der Waals surface area (Å²) in [5.41, 5.74) is 2.32. The Morgan fingerprint density at radius 1 is 1.11 bits per heavy atom. The standard InChI is InChI=1S/C14H19NO4/c1-9(14(16)19-4)15-7-10-5-12(17-2)13(18-3)6-11(10)8-15/h5-6,9H,7-8H2,1-4H3/t9-/m0/s1. The monoisotopic (exact) mass is 265 g/mol. The van der Waals surface area contributed by atoms with Crippen LogP contribution in [0.1, 0.15) is 18.1 Å². The molecule has 5 nitrogen and oxygen atoms in total. The average molecular weight is 265 g/mol. The number of carbonyl (C=O) groups excluding carboxylic acids is 1. The topological polar surface area (TPSA) is 48.0 Å². The van der Waals surface area contributed by atoms with E-state index in [0.29, 0.717) is 24.6 Å². The van der Waals surface area contributed by atoms with Crippen molar-refractivity contribution in [1.29, 1.82) is 0 Å². The van der Waals surface area contributed by atoms with Gasteiger partial charge in [-0.1, -0.05) is 0 Å². The molecule has 0 aromatic heterocycles. The van der Waals surface area contributed by atoms with Crippen molar-refractivity contribution in [2.24, 2.45) is 0 Å². The number of ether oxygens (including phenoxy) is 3. The third-order valence-electron chi connectivity index (χ3n) is 3.54. The van der Waals surface area contributed by atoms with Crippen LogP contribution in [-0.2, 0) is 22.6 Å². The molecule has 0 saturated carbocycles. The highest BCUT2D eigenvalue weighted by Gasteiger charge is 2.29. The van der Waals surface area contributed by atoms with E-state index in [1.54, 1.807) is 14.2 Å². The van der Waals surface area contributed by atoms with Gasteiger partial charge in [-0.3, -0.25) is 9.69 Å². The van der Waals surface area contributed by atoms with Crippen LogP contribution in [0, 0.1) is 0 Å². The summed E-state index contributed by atoms with van der Waals surface area (Å²) in [6.45, 7) is 3.28. The van der Waals surface area contributed by atoms with Crippen molar-refractivity contribution >= 4 is 5.97 Å². The van der Waals surface area contributed by atoms with E-state index in [4.69, 9.17) is 14.2 Å². The van der Waals surface area contributed by atoms with Crippen molar-refractivity contribution in [3.05, 3.63) is 23.3 Å². The lowest BCUT2D eigenvalue weighted by Gasteiger charge is -2.20. The molecule has 1 aromatic rings. The summed E-state index contributed by atoms with van der Waals surface area (Å²) in [6.07, 6.45) is 0. The number of benzene rings is 1. The van der Waals surface area contributed by atoms with Gasteiger partial charge in [-0.25, -0.2) is 0 Å². The van der Waals surface area contributed by atoms with E-state index in [1.165, 1.54) is 7.11 Å². The van der Waals surface area contributed by atoms with E-state index in [-0.39, 0.29) is 12.0 Å². The maximum absolute atomic E-state index is 11.6. The zero-order valence-corrected chi connectivity index (χ0v) is 11.7. The molecule has 0 N–H and O–H groups in total. The molecule has 1 aliphatic heterocycles. The Morgan fingerprint density at radius 2 is 1.58 bits per heavy atom. The minimum Gasteiger partial charge on any atom is -0.493 e. The summed E-state index contributed by atoms with van der Waals surface area (Å²) in [5.74, 6) is 1.22. The Hall–Kier alpha value is -1.75. The number of hydrogen-bond acceptors (Lipinski definition) is 5. The Kier molecular flexibility index (Phi) is 3.95. The van der Waals surface area contributed by atoms with Gasteiger partial charge in [0.1, 0.15) is 6.04 Å². The maximum Gasteiger partial charge on any atom is 0.322 e. The van der Waals surface area contributed by atoms with Gasteiger partial charge >= 0.3 is 5.97 Å². The quantitative estimate of drug-likeness (QED) is 0.774. The first-order valence-corrected chi connectivity index (χ1v) is 6.16. The summed E-state index contributed by atoms with van der Waals surface area (Å²) in [5, 5.41) is 0. The van der Waals surface area contributed by atoms with E-state index >= 15 is 0 Å². The molecule has 1 aromatic carbocycles. The second-order valence-corrected chi connectivity index (χ2v) is 4.58. The zero-order valence-electron chi connectivity index (χ0n) is 11.7. The fourth-order valence-corrected chi connectivity index (χ4v) is 2.34. The lowest BCUT2D eigenvalue weighted by Crippen LogP contribution is -2.35. The minimum absolute atomic E-state index is 0.216. The summed E-state index contributed by atoms with van der Waals surface area (Å²) in [4.78, 5) is 13.6. The van der Waals surface area contributed by atoms with Crippen LogP contribution in [0.4, 0.5) is 0 Å². The van der Waals surface area contributed by atoms with E-state index < -0.39 is 0 Å². The van der Waals surface area contributed by atoms with Gasteiger partial charge in [0.25, 0.3) is 0 Å². The summed E-state index contributed by atoms with van der Waals surface area (Å²) >= 11 is 0. The van der Waals surface area contributed by atoms with Gasteiger partial charge < -0.3 is 14.2 Å². The Labute approximate surface area is 113 Å². The molecule has 0 unspecified atom stereocenters. The van der Waals surface area contributed by atoms with E-state index in [9.17, 15) is 4.79 Å². The highest BCUT2D eigenvalue weighted by atomic mass is 16.5. The predicted molar refractivity (Wildman–Crippen MR) is 70.3 cm³/mol. The van der Waals surface area contributed by atoms with Crippen LogP contribution < -0.4 is 9.47 Å². The third-order valence-corrected chi connectivity index (χ3v) is 3.54. The van der Waals surface area contributed by atoms with Gasteiger partial charge in [-0.2, -0.15) is 0 Å². The lowest BCUT2D eigenvalue weighted by molar-refractivity contribution is -0.146. The molecule has 2 rings (SSSR count). The van der Waals surface area contributed by atoms with E-state index in [2.05, 4.69) is 4.90 Å². The SMILES string of the molecule is COC(=O)[C@H](C)N1Cc2cc(OC)c(OC)cc2C1. The van der Waals surface area contributed by atoms with Crippen LogP contribution in [0.3, 0.4) is 0 Å². The Morgan fingerprint density at radius 3 is 1.95 bits per heavy atom. The molecule has 0 aliphatic carbocycles. The molecule has 0 amide bonds. The molecular formula is C14H19NO4. The number of hydrogen-bond donors (Lipinski definition) is 0. The highest BCUT2D eigenvalue weighted by molar-refractivity contribution is 5.75. The van der Waals surface area contributed by atoms with Crippen molar-refractivity contribution in [3.8, 4) is 11.5 Å². The number of nitrogens with zero attached hydrogens (tertiary/aromatic N) is 1. The second kappa shape index (κ2) is 5.48. The average Bonchev–Trinajstić information content (AvgIpc) is 2.86. The maximum atomic E-state index is 11.6. The van der Waals surface area contributed by atoms with Gasteiger partial charge in [0, 0.05) is 13.1 Å². The van der Waals surface area contributed by atoms with Crippen molar-refractivity contribution in [3.63, 3.8) is 0 Å². The molecular weight excluding hydrogens is 246 g/mol. The molecule has 1 atom stereocenters. The van der Waals surface area contributed by atoms with Gasteiger partial charge in [-0.15, -0.1) is 0 Å². The van der Waals surface area contributed by atoms with Crippen LogP contribution in [0.25, 0.3) is 0 Å². The molecule has 0 saturated heterocycles. The number of carbonyl (C=O) groups is 1. The number of methoxy groups -OCH3 is 3. The molecule has 0 radical (unpaired) electrons. The number of rotatable bonds is 4. The predicted octanol–water partition coefficient (Wildman–Crippen LogP) is 1.58. The Bertz CT molecular complexity index is 454. The zero-order chi connectivity index (χ0) is 14.0. The van der Waals surface area contributed by atoms with Crippen LogP contribution in [0.15, 0.2) is 12.1 Å². The number of esters is 1. The van der Waals surface area contributed by atoms with Crippen LogP contribution >= 0.6 is 0 Å². The van der Waals surface area contributed by atoms with E-state index in [1.807, 2.05) is 19.1 Å². The molecule has 0 spiro atoms. The van der Waals surface area contributed by atoms with Crippen LogP contribution in [0.5, 0.6) is 11.5 Å². The first kappa shape index (κ1) is 13.7. The molecule has 1 heterocycles. The number of fused-ring (bicyclic) bond motifs is 1. The largest absolute Gasteiger partial charge is 0.493 e. The van der Waals surface area contributed by atoms with Crippen molar-refractivity contribution in [2.75, 3.05) is 21.3 Å². The summed E-state index contributed by atoms with van der Waals surface area (Å²) in [6, 6.07) is 3.69. The first-order chi connectivity index (χ1) is 9.10. The normalized spacial score (nSPS) is 15.8. The smallest absolute Gasteiger partial charge is 0.322 e. The van der Waals surface area contributed by atoms with Gasteiger partial charge in [0.05, 0.1) is 21.3 Å². The van der Waals surface area contributed by atoms with E-state index in [0.717, 1.165) is 11.1 Å². The Balaban J connectivity index is 2.22. The first-order valence-electron chi connectivity index (χ1n) is 6.16. The molecule has 1 aliphatic rings. The fraction of sp³-hybridized carbons (Fsp3) is 0.500. The third kappa shape index (κ3) is 2.51. The molecule has 0 bridgehead atoms. The molecule has 104 valence electrons. The van der Waals surface area contributed by atoms with Crippen LogP contribution in [-0.4, -0.2) is 38.2 Å². The van der Waals surface area contributed by atoms with Gasteiger partial charge in [-0.05, 0) is 30.2 Å².